The topological polar surface area (TPSA) is 63.9 Å². The lowest BCUT2D eigenvalue weighted by atomic mass is 10.1. The van der Waals surface area contributed by atoms with Gasteiger partial charge < -0.3 is 24.3 Å². The molecule has 20 heavy (non-hydrogen) atoms. The highest BCUT2D eigenvalue weighted by atomic mass is 16.5. The molecule has 0 radical (unpaired) electrons. The molecule has 0 aliphatic carbocycles. The molecule has 0 spiro atoms. The van der Waals surface area contributed by atoms with Crippen LogP contribution in [0.25, 0.3) is 0 Å². The number of aliphatic hydroxyl groups excluding tert-OH is 1. The highest BCUT2D eigenvalue weighted by Gasteiger charge is 2.14. The van der Waals surface area contributed by atoms with Crippen molar-refractivity contribution in [1.82, 2.24) is 5.32 Å². The Morgan fingerprint density at radius 2 is 2.10 bits per heavy atom. The Labute approximate surface area is 121 Å². The summed E-state index contributed by atoms with van der Waals surface area (Å²) in [5.74, 6) is 1.22. The Morgan fingerprint density at radius 1 is 1.30 bits per heavy atom. The van der Waals surface area contributed by atoms with E-state index in [1.807, 2.05) is 19.1 Å². The Morgan fingerprint density at radius 3 is 2.70 bits per heavy atom. The molecule has 116 valence electrons. The van der Waals surface area contributed by atoms with Crippen molar-refractivity contribution in [2.24, 2.45) is 5.92 Å². The van der Waals surface area contributed by atoms with E-state index in [9.17, 15) is 5.11 Å². The number of ether oxygens (including phenoxy) is 2. The van der Waals surface area contributed by atoms with Gasteiger partial charge in [0.2, 0.25) is 0 Å². The van der Waals surface area contributed by atoms with Crippen molar-refractivity contribution in [1.29, 1.82) is 0 Å². The zero-order chi connectivity index (χ0) is 14.8. The highest BCUT2D eigenvalue weighted by Crippen LogP contribution is 2.04. The third-order valence-electron chi connectivity index (χ3n) is 3.06. The van der Waals surface area contributed by atoms with Gasteiger partial charge in [-0.3, -0.25) is 0 Å². The summed E-state index contributed by atoms with van der Waals surface area (Å²) in [5, 5.41) is 13.2. The van der Waals surface area contributed by atoms with Crippen molar-refractivity contribution in [2.45, 2.75) is 39.5 Å². The van der Waals surface area contributed by atoms with E-state index in [2.05, 4.69) is 19.2 Å². The molecule has 0 aromatic carbocycles. The first-order chi connectivity index (χ1) is 9.63. The van der Waals surface area contributed by atoms with Gasteiger partial charge in [0.25, 0.3) is 0 Å². The predicted octanol–water partition coefficient (Wildman–Crippen LogP) is 1.81. The molecule has 0 fully saturated rings. The van der Waals surface area contributed by atoms with Crippen LogP contribution in [0.5, 0.6) is 0 Å². The molecule has 2 N–H and O–H groups in total. The van der Waals surface area contributed by atoms with E-state index in [0.717, 1.165) is 5.76 Å². The van der Waals surface area contributed by atoms with Crippen LogP contribution in [0.3, 0.4) is 0 Å². The molecule has 5 heteroatoms. The summed E-state index contributed by atoms with van der Waals surface area (Å²) in [7, 11) is 0. The molecule has 0 aliphatic rings. The Kier molecular flexibility index (Phi) is 8.53. The van der Waals surface area contributed by atoms with Gasteiger partial charge in [-0.1, -0.05) is 13.8 Å². The van der Waals surface area contributed by atoms with E-state index >= 15 is 0 Å². The van der Waals surface area contributed by atoms with Gasteiger partial charge in [0.1, 0.15) is 12.4 Å². The molecular weight excluding hydrogens is 258 g/mol. The molecule has 2 atom stereocenters. The van der Waals surface area contributed by atoms with Gasteiger partial charge in [0, 0.05) is 19.2 Å². The minimum Gasteiger partial charge on any atom is -0.467 e. The van der Waals surface area contributed by atoms with E-state index in [0.29, 0.717) is 32.3 Å². The molecule has 0 bridgehead atoms. The molecule has 2 unspecified atom stereocenters. The SMILES string of the molecule is CCOCC(NCC(O)COCc1ccco1)C(C)C. The summed E-state index contributed by atoms with van der Waals surface area (Å²) in [6.07, 6.45) is 1.07. The normalized spacial score (nSPS) is 14.7. The van der Waals surface area contributed by atoms with Gasteiger partial charge in [0.05, 0.1) is 25.6 Å². The van der Waals surface area contributed by atoms with Crippen molar-refractivity contribution in [3.63, 3.8) is 0 Å². The Hall–Kier alpha value is -0.880. The summed E-state index contributed by atoms with van der Waals surface area (Å²) in [6.45, 7) is 8.79. The average Bonchev–Trinajstić information content (AvgIpc) is 2.91. The lowest BCUT2D eigenvalue weighted by molar-refractivity contribution is 0.0180. The number of nitrogens with one attached hydrogen (secondary N) is 1. The zero-order valence-corrected chi connectivity index (χ0v) is 12.7. The standard InChI is InChI=1S/C15H27NO4/c1-4-18-11-15(12(2)3)16-8-13(17)9-19-10-14-6-5-7-20-14/h5-7,12-13,15-17H,4,8-11H2,1-3H3. The fourth-order valence-corrected chi connectivity index (χ4v) is 1.77. The largest absolute Gasteiger partial charge is 0.467 e. The van der Waals surface area contributed by atoms with E-state index in [4.69, 9.17) is 13.9 Å². The van der Waals surface area contributed by atoms with E-state index < -0.39 is 6.10 Å². The van der Waals surface area contributed by atoms with Gasteiger partial charge in [0.15, 0.2) is 0 Å². The monoisotopic (exact) mass is 285 g/mol. The van der Waals surface area contributed by atoms with Crippen LogP contribution in [-0.4, -0.2) is 43.6 Å². The zero-order valence-electron chi connectivity index (χ0n) is 12.7. The smallest absolute Gasteiger partial charge is 0.129 e. The van der Waals surface area contributed by atoms with Crippen molar-refractivity contribution in [3.05, 3.63) is 24.2 Å². The van der Waals surface area contributed by atoms with Crippen LogP contribution in [0.1, 0.15) is 26.5 Å². The summed E-state index contributed by atoms with van der Waals surface area (Å²) in [4.78, 5) is 0. The molecule has 1 aromatic heterocycles. The van der Waals surface area contributed by atoms with Crippen LogP contribution in [0.4, 0.5) is 0 Å². The number of aliphatic hydroxyl groups is 1. The average molecular weight is 285 g/mol. The van der Waals surface area contributed by atoms with Gasteiger partial charge in [-0.05, 0) is 25.0 Å². The molecule has 1 heterocycles. The van der Waals surface area contributed by atoms with Gasteiger partial charge >= 0.3 is 0 Å². The fourth-order valence-electron chi connectivity index (χ4n) is 1.77. The van der Waals surface area contributed by atoms with Crippen LogP contribution in [0, 0.1) is 5.92 Å². The molecule has 0 amide bonds. The van der Waals surface area contributed by atoms with E-state index in [-0.39, 0.29) is 12.6 Å². The summed E-state index contributed by atoms with van der Waals surface area (Å²) in [6, 6.07) is 3.91. The van der Waals surface area contributed by atoms with Crippen molar-refractivity contribution in [2.75, 3.05) is 26.4 Å². The van der Waals surface area contributed by atoms with Crippen LogP contribution in [0.2, 0.25) is 0 Å². The molecule has 1 rings (SSSR count). The van der Waals surface area contributed by atoms with Crippen molar-refractivity contribution in [3.8, 4) is 0 Å². The second-order valence-electron chi connectivity index (χ2n) is 5.17. The van der Waals surface area contributed by atoms with Crippen LogP contribution >= 0.6 is 0 Å². The lowest BCUT2D eigenvalue weighted by Crippen LogP contribution is -2.43. The summed E-state index contributed by atoms with van der Waals surface area (Å²) in [5.41, 5.74) is 0. The maximum atomic E-state index is 9.87. The number of rotatable bonds is 11. The maximum Gasteiger partial charge on any atom is 0.129 e. The summed E-state index contributed by atoms with van der Waals surface area (Å²) >= 11 is 0. The number of furan rings is 1. The minimum atomic E-state index is -0.534. The molecule has 0 aliphatic heterocycles. The van der Waals surface area contributed by atoms with Crippen LogP contribution in [0.15, 0.2) is 22.8 Å². The molecule has 0 saturated carbocycles. The van der Waals surface area contributed by atoms with Crippen LogP contribution < -0.4 is 5.32 Å². The second kappa shape index (κ2) is 9.94. The van der Waals surface area contributed by atoms with E-state index in [1.165, 1.54) is 0 Å². The first kappa shape index (κ1) is 17.2. The third kappa shape index (κ3) is 7.05. The first-order valence-electron chi connectivity index (χ1n) is 7.22. The first-order valence-corrected chi connectivity index (χ1v) is 7.22. The minimum absolute atomic E-state index is 0.245. The molecule has 0 saturated heterocycles. The number of hydrogen-bond donors (Lipinski definition) is 2. The fraction of sp³-hybridized carbons (Fsp3) is 0.733. The van der Waals surface area contributed by atoms with Crippen molar-refractivity contribution >= 4 is 0 Å². The van der Waals surface area contributed by atoms with Crippen LogP contribution in [-0.2, 0) is 16.1 Å². The quantitative estimate of drug-likeness (QED) is 0.649. The summed E-state index contributed by atoms with van der Waals surface area (Å²) < 4.78 is 16.0. The van der Waals surface area contributed by atoms with E-state index in [1.54, 1.807) is 6.26 Å². The Balaban J connectivity index is 2.15. The van der Waals surface area contributed by atoms with Gasteiger partial charge in [-0.2, -0.15) is 0 Å². The molecule has 1 aromatic rings. The second-order valence-corrected chi connectivity index (χ2v) is 5.17. The van der Waals surface area contributed by atoms with Gasteiger partial charge in [-0.25, -0.2) is 0 Å². The van der Waals surface area contributed by atoms with Crippen molar-refractivity contribution < 1.29 is 19.0 Å². The molecule has 5 nitrogen and oxygen atoms in total. The highest BCUT2D eigenvalue weighted by molar-refractivity contribution is 4.96. The third-order valence-corrected chi connectivity index (χ3v) is 3.06. The molecular formula is C15H27NO4. The maximum absolute atomic E-state index is 9.87. The Bertz CT molecular complexity index is 327. The lowest BCUT2D eigenvalue weighted by Gasteiger charge is -2.23. The number of hydrogen-bond acceptors (Lipinski definition) is 5. The van der Waals surface area contributed by atoms with Gasteiger partial charge in [-0.15, -0.1) is 0 Å². The predicted molar refractivity (Wildman–Crippen MR) is 77.5 cm³/mol.